The summed E-state index contributed by atoms with van der Waals surface area (Å²) in [6.45, 7) is 4.98. The first-order chi connectivity index (χ1) is 20.4. The number of sulfonamides is 1. The number of rotatable bonds is 10. The number of dihydropyridines is 1. The molecule has 2 aromatic carbocycles. The number of ether oxygens (including phenoxy) is 2. The molecular formula is C29H33ClN4O8S. The molecular weight excluding hydrogens is 600 g/mol. The van der Waals surface area contributed by atoms with Gasteiger partial charge < -0.3 is 14.8 Å². The first-order valence-electron chi connectivity index (χ1n) is 13.6. The van der Waals surface area contributed by atoms with Gasteiger partial charge in [0.1, 0.15) is 6.10 Å². The summed E-state index contributed by atoms with van der Waals surface area (Å²) in [5.74, 6) is -2.29. The Bertz CT molecular complexity index is 1570. The van der Waals surface area contributed by atoms with Crippen LogP contribution in [-0.2, 0) is 29.1 Å². The van der Waals surface area contributed by atoms with Gasteiger partial charge in [0.2, 0.25) is 10.0 Å². The van der Waals surface area contributed by atoms with Crippen molar-refractivity contribution in [3.05, 3.63) is 91.8 Å². The van der Waals surface area contributed by atoms with E-state index in [0.29, 0.717) is 48.0 Å². The summed E-state index contributed by atoms with van der Waals surface area (Å²) in [6.07, 6.45) is 0.825. The molecule has 12 nitrogen and oxygen atoms in total. The van der Waals surface area contributed by atoms with Gasteiger partial charge in [-0.05, 0) is 63.1 Å². The normalized spacial score (nSPS) is 19.5. The van der Waals surface area contributed by atoms with Gasteiger partial charge >= 0.3 is 11.9 Å². The molecule has 2 atom stereocenters. The van der Waals surface area contributed by atoms with Crippen molar-refractivity contribution >= 4 is 39.3 Å². The van der Waals surface area contributed by atoms with Crippen molar-refractivity contribution in [3.63, 3.8) is 0 Å². The van der Waals surface area contributed by atoms with E-state index < -0.39 is 38.9 Å². The Kier molecular flexibility index (Phi) is 10.2. The van der Waals surface area contributed by atoms with Gasteiger partial charge in [-0.15, -0.1) is 0 Å². The van der Waals surface area contributed by atoms with Crippen LogP contribution in [0.3, 0.4) is 0 Å². The second-order valence-corrected chi connectivity index (χ2v) is 12.5. The molecule has 2 aliphatic rings. The van der Waals surface area contributed by atoms with Crippen LogP contribution < -0.4 is 10.0 Å². The number of likely N-dealkylation sites (tertiary alicyclic amines) is 1. The third-order valence-corrected chi connectivity index (χ3v) is 9.11. The minimum atomic E-state index is -3.71. The Labute approximate surface area is 254 Å². The van der Waals surface area contributed by atoms with Crippen LogP contribution in [-0.4, -0.2) is 69.6 Å². The summed E-state index contributed by atoms with van der Waals surface area (Å²) in [7, 11) is -2.48. The van der Waals surface area contributed by atoms with Crippen molar-refractivity contribution in [1.29, 1.82) is 0 Å². The first-order valence-corrected chi connectivity index (χ1v) is 15.5. The summed E-state index contributed by atoms with van der Waals surface area (Å²) in [5.41, 5.74) is 1.41. The lowest BCUT2D eigenvalue weighted by atomic mass is 9.80. The Hall–Kier alpha value is -3.78. The maximum Gasteiger partial charge on any atom is 0.337 e. The number of piperidine rings is 1. The number of nitro benzene ring substituents is 1. The zero-order chi connectivity index (χ0) is 31.3. The number of esters is 2. The predicted octanol–water partition coefficient (Wildman–Crippen LogP) is 3.64. The lowest BCUT2D eigenvalue weighted by Crippen LogP contribution is -2.44. The van der Waals surface area contributed by atoms with Crippen LogP contribution >= 0.6 is 11.6 Å². The Morgan fingerprint density at radius 3 is 2.44 bits per heavy atom. The monoisotopic (exact) mass is 632 g/mol. The fraction of sp³-hybridized carbons (Fsp3) is 0.379. The fourth-order valence-corrected chi connectivity index (χ4v) is 6.51. The number of hydrogen-bond donors (Lipinski definition) is 2. The van der Waals surface area contributed by atoms with Gasteiger partial charge in [-0.2, -0.15) is 0 Å². The quantitative estimate of drug-likeness (QED) is 0.225. The minimum absolute atomic E-state index is 0.112. The van der Waals surface area contributed by atoms with Gasteiger partial charge in [0, 0.05) is 48.2 Å². The van der Waals surface area contributed by atoms with Crippen molar-refractivity contribution in [2.75, 3.05) is 33.3 Å². The van der Waals surface area contributed by atoms with Crippen LogP contribution in [0.15, 0.2) is 76.0 Å². The Morgan fingerprint density at radius 1 is 1.12 bits per heavy atom. The highest BCUT2D eigenvalue weighted by Crippen LogP contribution is 2.40. The van der Waals surface area contributed by atoms with Crippen molar-refractivity contribution < 1.29 is 32.4 Å². The highest BCUT2D eigenvalue weighted by atomic mass is 35.5. The molecule has 0 spiro atoms. The zero-order valence-electron chi connectivity index (χ0n) is 24.0. The smallest absolute Gasteiger partial charge is 0.337 e. The summed E-state index contributed by atoms with van der Waals surface area (Å²) in [5, 5.41) is 15.0. The molecule has 0 saturated carbocycles. The van der Waals surface area contributed by atoms with E-state index in [0.717, 1.165) is 6.42 Å². The summed E-state index contributed by atoms with van der Waals surface area (Å²) in [6, 6.07) is 11.7. The second kappa shape index (κ2) is 13.7. The average molecular weight is 633 g/mol. The third kappa shape index (κ3) is 7.60. The summed E-state index contributed by atoms with van der Waals surface area (Å²) < 4.78 is 38.7. The number of benzene rings is 2. The fourth-order valence-electron chi connectivity index (χ4n) is 5.36. The standard InChI is InChI=1S/C29H33ClN4O8S/c1-18-25(28(35)41-3)27(20-6-4-7-22(16-20)34(37)38)26(19(2)32-18)29(36)42-23-8-5-14-33(17-23)15-13-31-43(39,40)24-11-9-21(30)10-12-24/h4,6-7,9-12,16,23,27,31-32H,5,8,13-15,17H2,1-3H3/t23?,27-/m0/s1. The number of nitrogens with zero attached hydrogens (tertiary/aromatic N) is 2. The van der Waals surface area contributed by atoms with E-state index in [9.17, 15) is 28.1 Å². The number of nitrogens with one attached hydrogen (secondary N) is 2. The van der Waals surface area contributed by atoms with Gasteiger partial charge in [0.15, 0.2) is 0 Å². The molecule has 1 unspecified atom stereocenters. The Balaban J connectivity index is 1.48. The first kappa shape index (κ1) is 32.1. The lowest BCUT2D eigenvalue weighted by Gasteiger charge is -2.34. The maximum atomic E-state index is 13.7. The molecule has 0 aromatic heterocycles. The summed E-state index contributed by atoms with van der Waals surface area (Å²) in [4.78, 5) is 39.7. The van der Waals surface area contributed by atoms with Crippen LogP contribution in [0.25, 0.3) is 0 Å². The number of carbonyl (C=O) groups is 2. The number of carbonyl (C=O) groups excluding carboxylic acids is 2. The molecule has 0 amide bonds. The van der Waals surface area contributed by atoms with E-state index in [1.807, 2.05) is 4.90 Å². The highest BCUT2D eigenvalue weighted by Gasteiger charge is 2.39. The topological polar surface area (TPSA) is 157 Å². The number of hydrogen-bond acceptors (Lipinski definition) is 10. The van der Waals surface area contributed by atoms with Crippen LogP contribution in [0.2, 0.25) is 5.02 Å². The van der Waals surface area contributed by atoms with E-state index in [4.69, 9.17) is 21.1 Å². The molecule has 4 rings (SSSR count). The average Bonchev–Trinajstić information content (AvgIpc) is 2.96. The number of non-ortho nitro benzene ring substituents is 1. The van der Waals surface area contributed by atoms with Crippen molar-refractivity contribution in [1.82, 2.24) is 14.9 Å². The molecule has 0 aliphatic carbocycles. The predicted molar refractivity (Wildman–Crippen MR) is 159 cm³/mol. The highest BCUT2D eigenvalue weighted by molar-refractivity contribution is 7.89. The van der Waals surface area contributed by atoms with E-state index in [-0.39, 0.29) is 28.3 Å². The van der Waals surface area contributed by atoms with E-state index in [1.165, 1.54) is 49.6 Å². The number of nitro groups is 1. The van der Waals surface area contributed by atoms with E-state index in [2.05, 4.69) is 10.0 Å². The van der Waals surface area contributed by atoms with Crippen LogP contribution in [0.4, 0.5) is 5.69 Å². The van der Waals surface area contributed by atoms with Crippen molar-refractivity contribution in [2.24, 2.45) is 0 Å². The largest absolute Gasteiger partial charge is 0.466 e. The molecule has 14 heteroatoms. The number of methoxy groups -OCH3 is 1. The number of halogens is 1. The molecule has 2 heterocycles. The van der Waals surface area contributed by atoms with Gasteiger partial charge in [0.05, 0.1) is 34.0 Å². The molecule has 0 radical (unpaired) electrons. The van der Waals surface area contributed by atoms with E-state index >= 15 is 0 Å². The lowest BCUT2D eigenvalue weighted by molar-refractivity contribution is -0.384. The SMILES string of the molecule is COC(=O)C1=C(C)NC(C)=C(C(=O)OC2CCCN(CCNS(=O)(=O)c3ccc(Cl)cc3)C2)[C@H]1c1cccc([N+](=O)[O-])c1. The molecule has 1 fully saturated rings. The Morgan fingerprint density at radius 2 is 1.79 bits per heavy atom. The maximum absolute atomic E-state index is 13.7. The van der Waals surface area contributed by atoms with Crippen LogP contribution in [0.5, 0.6) is 0 Å². The molecule has 0 bridgehead atoms. The van der Waals surface area contributed by atoms with Crippen LogP contribution in [0.1, 0.15) is 38.2 Å². The van der Waals surface area contributed by atoms with Crippen LogP contribution in [0, 0.1) is 10.1 Å². The molecule has 43 heavy (non-hydrogen) atoms. The minimum Gasteiger partial charge on any atom is -0.466 e. The molecule has 2 N–H and O–H groups in total. The van der Waals surface area contributed by atoms with Crippen molar-refractivity contribution in [2.45, 2.75) is 43.6 Å². The van der Waals surface area contributed by atoms with Crippen molar-refractivity contribution in [3.8, 4) is 0 Å². The molecule has 2 aliphatic heterocycles. The molecule has 1 saturated heterocycles. The summed E-state index contributed by atoms with van der Waals surface area (Å²) >= 11 is 5.85. The van der Waals surface area contributed by atoms with Gasteiger partial charge in [-0.25, -0.2) is 22.7 Å². The van der Waals surface area contributed by atoms with E-state index in [1.54, 1.807) is 19.9 Å². The molecule has 230 valence electrons. The zero-order valence-corrected chi connectivity index (χ0v) is 25.5. The third-order valence-electron chi connectivity index (χ3n) is 7.38. The van der Waals surface area contributed by atoms with Gasteiger partial charge in [0.25, 0.3) is 5.69 Å². The second-order valence-electron chi connectivity index (χ2n) is 10.3. The van der Waals surface area contributed by atoms with Gasteiger partial charge in [-0.3, -0.25) is 15.0 Å². The van der Waals surface area contributed by atoms with Gasteiger partial charge in [-0.1, -0.05) is 23.7 Å². The molecule has 2 aromatic rings. The number of allylic oxidation sites excluding steroid dienone is 2.